The molecule has 0 aromatic heterocycles. The molecule has 6 heteroatoms. The van der Waals surface area contributed by atoms with Gasteiger partial charge in [0.15, 0.2) is 0 Å². The van der Waals surface area contributed by atoms with E-state index in [1.807, 2.05) is 38.1 Å². The van der Waals surface area contributed by atoms with Crippen molar-refractivity contribution in [3.05, 3.63) is 63.6 Å². The first-order valence-electron chi connectivity index (χ1n) is 7.12. The van der Waals surface area contributed by atoms with Crippen LogP contribution in [0.4, 0.5) is 5.69 Å². The Bertz CT molecular complexity index is 732. The van der Waals surface area contributed by atoms with Gasteiger partial charge in [0.1, 0.15) is 0 Å². The second-order valence-corrected chi connectivity index (χ2v) is 6.01. The van der Waals surface area contributed by atoms with E-state index in [9.17, 15) is 9.59 Å². The fourth-order valence-electron chi connectivity index (χ4n) is 2.07. The molecule has 0 aliphatic heterocycles. The normalized spacial score (nSPS) is 10.0. The molecule has 0 bridgehead atoms. The van der Waals surface area contributed by atoms with Crippen LogP contribution in [0.1, 0.15) is 21.5 Å². The Morgan fingerprint density at radius 2 is 1.78 bits per heavy atom. The highest BCUT2D eigenvalue weighted by molar-refractivity contribution is 9.10. The third kappa shape index (κ3) is 4.82. The summed E-state index contributed by atoms with van der Waals surface area (Å²) in [5, 5.41) is 3.04. The lowest BCUT2D eigenvalue weighted by molar-refractivity contribution is -0.120. The van der Waals surface area contributed by atoms with Gasteiger partial charge in [-0.05, 0) is 53.5 Å². The molecule has 0 spiro atoms. The van der Waals surface area contributed by atoms with Crippen LogP contribution >= 0.6 is 15.9 Å². The minimum Gasteiger partial charge on any atom is -0.376 e. The molecule has 2 aromatic carbocycles. The van der Waals surface area contributed by atoms with Crippen LogP contribution in [0.15, 0.2) is 46.9 Å². The Balaban J connectivity index is 1.83. The minimum absolute atomic E-state index is 0.0696. The van der Waals surface area contributed by atoms with Crippen molar-refractivity contribution in [3.8, 4) is 0 Å². The van der Waals surface area contributed by atoms with E-state index in [1.54, 1.807) is 18.2 Å². The van der Waals surface area contributed by atoms with Crippen molar-refractivity contribution in [2.24, 2.45) is 0 Å². The highest BCUT2D eigenvalue weighted by atomic mass is 79.9. The zero-order valence-electron chi connectivity index (χ0n) is 12.9. The van der Waals surface area contributed by atoms with Gasteiger partial charge in [0.25, 0.3) is 11.8 Å². The van der Waals surface area contributed by atoms with Gasteiger partial charge in [-0.2, -0.15) is 0 Å². The van der Waals surface area contributed by atoms with E-state index >= 15 is 0 Å². The molecule has 2 aromatic rings. The molecule has 0 unspecified atom stereocenters. The van der Waals surface area contributed by atoms with Crippen molar-refractivity contribution in [3.63, 3.8) is 0 Å². The highest BCUT2D eigenvalue weighted by Gasteiger charge is 2.10. The number of carbonyl (C=O) groups excluding carboxylic acids is 2. The molecule has 2 rings (SSSR count). The fourth-order valence-corrected chi connectivity index (χ4v) is 2.54. The first kappa shape index (κ1) is 17.0. The van der Waals surface area contributed by atoms with E-state index in [0.29, 0.717) is 10.0 Å². The standard InChI is InChI=1S/C17H18BrN3O2/c1-11-7-8-15(12(2)9-11)19-10-16(22)20-21-17(23)13-5-3-4-6-14(13)18/h3-9,19H,10H2,1-2H3,(H,20,22)(H,21,23). The minimum atomic E-state index is -0.377. The number of nitrogens with one attached hydrogen (secondary N) is 3. The highest BCUT2D eigenvalue weighted by Crippen LogP contribution is 2.16. The molecule has 0 aliphatic carbocycles. The number of carbonyl (C=O) groups is 2. The predicted octanol–water partition coefficient (Wildman–Crippen LogP) is 2.94. The summed E-state index contributed by atoms with van der Waals surface area (Å²) in [6, 6.07) is 12.9. The first-order chi connectivity index (χ1) is 11.0. The van der Waals surface area contributed by atoms with E-state index in [0.717, 1.165) is 11.3 Å². The predicted molar refractivity (Wildman–Crippen MR) is 94.2 cm³/mol. The molecule has 3 N–H and O–H groups in total. The van der Waals surface area contributed by atoms with Gasteiger partial charge in [0.05, 0.1) is 12.1 Å². The quantitative estimate of drug-likeness (QED) is 0.719. The van der Waals surface area contributed by atoms with Crippen LogP contribution in [0.5, 0.6) is 0 Å². The summed E-state index contributed by atoms with van der Waals surface area (Å²) >= 11 is 3.29. The summed E-state index contributed by atoms with van der Waals surface area (Å²) in [4.78, 5) is 23.8. The van der Waals surface area contributed by atoms with Crippen molar-refractivity contribution < 1.29 is 9.59 Å². The van der Waals surface area contributed by atoms with Crippen molar-refractivity contribution >= 4 is 33.4 Å². The first-order valence-corrected chi connectivity index (χ1v) is 7.91. The SMILES string of the molecule is Cc1ccc(NCC(=O)NNC(=O)c2ccccc2Br)c(C)c1. The van der Waals surface area contributed by atoms with E-state index < -0.39 is 0 Å². The van der Waals surface area contributed by atoms with Gasteiger partial charge >= 0.3 is 0 Å². The van der Waals surface area contributed by atoms with Gasteiger partial charge in [0.2, 0.25) is 0 Å². The molecule has 0 saturated heterocycles. The third-order valence-corrected chi connectivity index (χ3v) is 3.95. The average molecular weight is 376 g/mol. The number of halogens is 1. The van der Waals surface area contributed by atoms with E-state index in [4.69, 9.17) is 0 Å². The summed E-state index contributed by atoms with van der Waals surface area (Å²) in [5.74, 6) is -0.706. The molecule has 120 valence electrons. The number of anilines is 1. The smallest absolute Gasteiger partial charge is 0.270 e. The second-order valence-electron chi connectivity index (χ2n) is 5.15. The molecule has 2 amide bonds. The summed E-state index contributed by atoms with van der Waals surface area (Å²) in [5.41, 5.74) is 8.35. The van der Waals surface area contributed by atoms with Gasteiger partial charge in [-0.15, -0.1) is 0 Å². The van der Waals surface area contributed by atoms with Crippen molar-refractivity contribution in [2.75, 3.05) is 11.9 Å². The van der Waals surface area contributed by atoms with Gasteiger partial charge < -0.3 is 5.32 Å². The Hall–Kier alpha value is -2.34. The number of aryl methyl sites for hydroxylation is 2. The van der Waals surface area contributed by atoms with Crippen LogP contribution in [0.2, 0.25) is 0 Å². The number of hydrogen-bond donors (Lipinski definition) is 3. The Morgan fingerprint density at radius 1 is 1.04 bits per heavy atom. The number of hydrazine groups is 1. The summed E-state index contributed by atoms with van der Waals surface area (Å²) in [7, 11) is 0. The van der Waals surface area contributed by atoms with Crippen molar-refractivity contribution in [1.29, 1.82) is 0 Å². The number of hydrogen-bond acceptors (Lipinski definition) is 3. The fraction of sp³-hybridized carbons (Fsp3) is 0.176. The maximum Gasteiger partial charge on any atom is 0.270 e. The van der Waals surface area contributed by atoms with Crippen molar-refractivity contribution in [2.45, 2.75) is 13.8 Å². The van der Waals surface area contributed by atoms with Gasteiger partial charge in [0, 0.05) is 10.2 Å². The van der Waals surface area contributed by atoms with Crippen LogP contribution < -0.4 is 16.2 Å². The van der Waals surface area contributed by atoms with Crippen molar-refractivity contribution in [1.82, 2.24) is 10.9 Å². The zero-order valence-corrected chi connectivity index (χ0v) is 14.5. The van der Waals surface area contributed by atoms with E-state index in [2.05, 4.69) is 32.1 Å². The van der Waals surface area contributed by atoms with Gasteiger partial charge in [-0.1, -0.05) is 29.8 Å². The topological polar surface area (TPSA) is 70.2 Å². The molecule has 5 nitrogen and oxygen atoms in total. The summed E-state index contributed by atoms with van der Waals surface area (Å²) in [6.07, 6.45) is 0. The molecular weight excluding hydrogens is 358 g/mol. The van der Waals surface area contributed by atoms with E-state index in [1.165, 1.54) is 5.56 Å². The molecular formula is C17H18BrN3O2. The molecule has 0 fully saturated rings. The lowest BCUT2D eigenvalue weighted by atomic mass is 10.1. The largest absolute Gasteiger partial charge is 0.376 e. The van der Waals surface area contributed by atoms with Crippen LogP contribution in [0.3, 0.4) is 0 Å². The lowest BCUT2D eigenvalue weighted by Gasteiger charge is -2.11. The summed E-state index contributed by atoms with van der Waals surface area (Å²) < 4.78 is 0.667. The Morgan fingerprint density at radius 3 is 2.48 bits per heavy atom. The maximum absolute atomic E-state index is 12.0. The molecule has 23 heavy (non-hydrogen) atoms. The Labute approximate surface area is 143 Å². The third-order valence-electron chi connectivity index (χ3n) is 3.26. The van der Waals surface area contributed by atoms with Crippen LogP contribution in [-0.2, 0) is 4.79 Å². The zero-order chi connectivity index (χ0) is 16.8. The second kappa shape index (κ2) is 7.78. The van der Waals surface area contributed by atoms with Crippen LogP contribution in [0.25, 0.3) is 0 Å². The monoisotopic (exact) mass is 375 g/mol. The average Bonchev–Trinajstić information content (AvgIpc) is 2.52. The molecule has 0 saturated carbocycles. The van der Waals surface area contributed by atoms with Crippen LogP contribution in [0, 0.1) is 13.8 Å². The Kier molecular flexibility index (Phi) is 5.76. The van der Waals surface area contributed by atoms with Crippen LogP contribution in [-0.4, -0.2) is 18.4 Å². The lowest BCUT2D eigenvalue weighted by Crippen LogP contribution is -2.44. The molecule has 0 heterocycles. The molecule has 0 atom stereocenters. The number of amides is 2. The molecule has 0 radical (unpaired) electrons. The van der Waals surface area contributed by atoms with Gasteiger partial charge in [-0.3, -0.25) is 20.4 Å². The summed E-state index contributed by atoms with van der Waals surface area (Å²) in [6.45, 7) is 4.06. The maximum atomic E-state index is 12.0. The van der Waals surface area contributed by atoms with E-state index in [-0.39, 0.29) is 18.4 Å². The number of benzene rings is 2. The molecule has 0 aliphatic rings. The number of rotatable bonds is 4. The van der Waals surface area contributed by atoms with Gasteiger partial charge in [-0.25, -0.2) is 0 Å².